The van der Waals surface area contributed by atoms with E-state index in [0.717, 1.165) is 4.57 Å². The Hall–Kier alpha value is -2.96. The van der Waals surface area contributed by atoms with Gasteiger partial charge in [0.25, 0.3) is 0 Å². The molecule has 3 aromatic rings. The van der Waals surface area contributed by atoms with Crippen LogP contribution in [0.4, 0.5) is 8.78 Å². The maximum absolute atomic E-state index is 13.3. The van der Waals surface area contributed by atoms with Crippen LogP contribution in [0.15, 0.2) is 48.5 Å². The summed E-state index contributed by atoms with van der Waals surface area (Å²) < 4.78 is 32.9. The Morgan fingerprint density at radius 1 is 1.17 bits per heavy atom. The molecule has 0 unspecified atom stereocenters. The van der Waals surface area contributed by atoms with Gasteiger partial charge in [0.15, 0.2) is 5.82 Å². The fourth-order valence-corrected chi connectivity index (χ4v) is 2.28. The second-order valence-corrected chi connectivity index (χ2v) is 4.84. The van der Waals surface area contributed by atoms with Gasteiger partial charge >= 0.3 is 6.55 Å². The van der Waals surface area contributed by atoms with Gasteiger partial charge in [0.05, 0.1) is 11.0 Å². The quantitative estimate of drug-likeness (QED) is 0.786. The molecule has 0 radical (unpaired) electrons. The average molecular weight is 317 g/mol. The van der Waals surface area contributed by atoms with Crippen LogP contribution in [0.1, 0.15) is 22.7 Å². The Kier molecular flexibility index (Phi) is 3.92. The van der Waals surface area contributed by atoms with E-state index in [1.54, 1.807) is 36.4 Å². The van der Waals surface area contributed by atoms with Crippen molar-refractivity contribution in [2.45, 2.75) is 13.2 Å². The van der Waals surface area contributed by atoms with E-state index in [4.69, 9.17) is 10.5 Å². The molecule has 23 heavy (non-hydrogen) atoms. The fraction of sp³-hybridized carbons (Fsp3) is 0.125. The molecule has 0 atom stereocenters. The molecule has 7 heteroatoms. The van der Waals surface area contributed by atoms with E-state index in [1.165, 1.54) is 12.1 Å². The normalized spacial score (nSPS) is 11.1. The maximum Gasteiger partial charge on any atom is 0.320 e. The van der Waals surface area contributed by atoms with Crippen LogP contribution < -0.4 is 10.5 Å². The second kappa shape index (κ2) is 6.04. The summed E-state index contributed by atoms with van der Waals surface area (Å²) in [5.74, 6) is 0.0130. The number of rotatable bonds is 5. The zero-order valence-corrected chi connectivity index (χ0v) is 11.9. The van der Waals surface area contributed by atoms with Crippen molar-refractivity contribution in [3.8, 4) is 5.75 Å². The zero-order chi connectivity index (χ0) is 16.4. The average Bonchev–Trinajstić information content (AvgIpc) is 2.91. The van der Waals surface area contributed by atoms with E-state index in [-0.39, 0.29) is 12.4 Å². The summed E-state index contributed by atoms with van der Waals surface area (Å²) in [5, 5.41) is 0. The first-order chi connectivity index (χ1) is 11.1. The van der Waals surface area contributed by atoms with E-state index in [1.807, 2.05) is 0 Å². The number of carbonyl (C=O) groups excluding carboxylic acids is 1. The Labute approximate surface area is 130 Å². The monoisotopic (exact) mass is 317 g/mol. The summed E-state index contributed by atoms with van der Waals surface area (Å²) in [7, 11) is 0. The number of para-hydroxylation sites is 2. The molecule has 0 aliphatic rings. The van der Waals surface area contributed by atoms with Crippen LogP contribution in [0.2, 0.25) is 0 Å². The summed E-state index contributed by atoms with van der Waals surface area (Å²) in [6.07, 6.45) is 0. The number of alkyl halides is 2. The fourth-order valence-electron chi connectivity index (χ4n) is 2.28. The number of fused-ring (bicyclic) bond motifs is 1. The molecule has 0 bridgehead atoms. The van der Waals surface area contributed by atoms with Gasteiger partial charge in [0.1, 0.15) is 12.4 Å². The minimum absolute atomic E-state index is 0.116. The molecule has 0 spiro atoms. The van der Waals surface area contributed by atoms with Gasteiger partial charge in [0.2, 0.25) is 5.91 Å². The third kappa shape index (κ3) is 2.98. The van der Waals surface area contributed by atoms with Crippen molar-refractivity contribution in [1.29, 1.82) is 0 Å². The zero-order valence-electron chi connectivity index (χ0n) is 11.9. The van der Waals surface area contributed by atoms with E-state index >= 15 is 0 Å². The summed E-state index contributed by atoms with van der Waals surface area (Å²) in [4.78, 5) is 15.2. The first kappa shape index (κ1) is 15.0. The Bertz CT molecular complexity index is 844. The first-order valence-corrected chi connectivity index (χ1v) is 6.83. The Morgan fingerprint density at radius 2 is 1.87 bits per heavy atom. The highest BCUT2D eigenvalue weighted by Gasteiger charge is 2.17. The molecule has 3 rings (SSSR count). The number of amides is 1. The highest BCUT2D eigenvalue weighted by molar-refractivity contribution is 5.92. The number of nitrogens with two attached hydrogens (primary N) is 1. The Balaban J connectivity index is 1.84. The third-order valence-electron chi connectivity index (χ3n) is 3.37. The molecule has 0 saturated carbocycles. The van der Waals surface area contributed by atoms with Gasteiger partial charge in [0, 0.05) is 5.56 Å². The molecular weight excluding hydrogens is 304 g/mol. The van der Waals surface area contributed by atoms with E-state index < -0.39 is 12.5 Å². The molecule has 1 heterocycles. The van der Waals surface area contributed by atoms with Gasteiger partial charge in [-0.25, -0.2) is 4.98 Å². The van der Waals surface area contributed by atoms with E-state index in [2.05, 4.69) is 4.98 Å². The number of hydrogen-bond acceptors (Lipinski definition) is 3. The molecule has 2 N–H and O–H groups in total. The molecular formula is C16H13F2N3O2. The van der Waals surface area contributed by atoms with Crippen LogP contribution in [0.25, 0.3) is 11.0 Å². The topological polar surface area (TPSA) is 70.1 Å². The van der Waals surface area contributed by atoms with Crippen LogP contribution in [0.3, 0.4) is 0 Å². The molecule has 118 valence electrons. The van der Waals surface area contributed by atoms with Crippen molar-refractivity contribution in [3.63, 3.8) is 0 Å². The van der Waals surface area contributed by atoms with Crippen LogP contribution in [0, 0.1) is 0 Å². The van der Waals surface area contributed by atoms with Crippen LogP contribution in [0.5, 0.6) is 5.75 Å². The van der Waals surface area contributed by atoms with Gasteiger partial charge in [-0.15, -0.1) is 0 Å². The molecule has 0 fully saturated rings. The molecule has 0 aliphatic heterocycles. The smallest absolute Gasteiger partial charge is 0.320 e. The number of benzene rings is 2. The van der Waals surface area contributed by atoms with Gasteiger partial charge in [-0.05, 0) is 36.4 Å². The van der Waals surface area contributed by atoms with Crippen molar-refractivity contribution < 1.29 is 18.3 Å². The first-order valence-electron chi connectivity index (χ1n) is 6.83. The van der Waals surface area contributed by atoms with Crippen molar-refractivity contribution in [2.24, 2.45) is 5.73 Å². The standard InChI is InChI=1S/C16H13F2N3O2/c17-16(18)21-13-4-2-1-3-12(13)20-14(21)9-23-11-7-5-10(6-8-11)15(19)22/h1-8,16H,9H2,(H2,19,22). The van der Waals surface area contributed by atoms with Crippen molar-refractivity contribution in [1.82, 2.24) is 9.55 Å². The van der Waals surface area contributed by atoms with Gasteiger partial charge in [-0.2, -0.15) is 8.78 Å². The molecule has 5 nitrogen and oxygen atoms in total. The maximum atomic E-state index is 13.3. The van der Waals surface area contributed by atoms with Crippen molar-refractivity contribution in [3.05, 3.63) is 59.9 Å². The molecule has 1 aromatic heterocycles. The molecule has 1 amide bonds. The number of hydrogen-bond donors (Lipinski definition) is 1. The third-order valence-corrected chi connectivity index (χ3v) is 3.37. The van der Waals surface area contributed by atoms with Crippen LogP contribution in [-0.2, 0) is 6.61 Å². The predicted octanol–water partition coefficient (Wildman–Crippen LogP) is 3.11. The van der Waals surface area contributed by atoms with Gasteiger partial charge < -0.3 is 10.5 Å². The largest absolute Gasteiger partial charge is 0.486 e. The summed E-state index contributed by atoms with van der Waals surface area (Å²) in [6, 6.07) is 12.8. The molecule has 0 aliphatic carbocycles. The van der Waals surface area contributed by atoms with Crippen LogP contribution in [-0.4, -0.2) is 15.5 Å². The number of halogens is 2. The second-order valence-electron chi connectivity index (χ2n) is 4.84. The van der Waals surface area contributed by atoms with E-state index in [0.29, 0.717) is 22.3 Å². The number of aromatic nitrogens is 2. The number of primary amides is 1. The van der Waals surface area contributed by atoms with Gasteiger partial charge in [-0.3, -0.25) is 9.36 Å². The highest BCUT2D eigenvalue weighted by Crippen LogP contribution is 2.24. The highest BCUT2D eigenvalue weighted by atomic mass is 19.3. The summed E-state index contributed by atoms with van der Waals surface area (Å²) >= 11 is 0. The lowest BCUT2D eigenvalue weighted by Crippen LogP contribution is -2.10. The van der Waals surface area contributed by atoms with Crippen molar-refractivity contribution in [2.75, 3.05) is 0 Å². The molecule has 2 aromatic carbocycles. The minimum Gasteiger partial charge on any atom is -0.486 e. The lowest BCUT2D eigenvalue weighted by Gasteiger charge is -2.09. The van der Waals surface area contributed by atoms with Gasteiger partial charge in [-0.1, -0.05) is 12.1 Å². The minimum atomic E-state index is -2.71. The summed E-state index contributed by atoms with van der Waals surface area (Å²) in [5.41, 5.74) is 6.33. The number of carbonyl (C=O) groups is 1. The predicted molar refractivity (Wildman–Crippen MR) is 80.3 cm³/mol. The molecule has 0 saturated heterocycles. The van der Waals surface area contributed by atoms with Crippen LogP contribution >= 0.6 is 0 Å². The lowest BCUT2D eigenvalue weighted by atomic mass is 10.2. The van der Waals surface area contributed by atoms with E-state index in [9.17, 15) is 13.6 Å². The number of nitrogens with zero attached hydrogens (tertiary/aromatic N) is 2. The van der Waals surface area contributed by atoms with Crippen molar-refractivity contribution >= 4 is 16.9 Å². The SMILES string of the molecule is NC(=O)c1ccc(OCc2nc3ccccc3n2C(F)F)cc1. The number of imidazole rings is 1. The lowest BCUT2D eigenvalue weighted by molar-refractivity contribution is 0.0677. The summed E-state index contributed by atoms with van der Waals surface area (Å²) in [6.45, 7) is -2.83. The number of ether oxygens (including phenoxy) is 1. The Morgan fingerprint density at radius 3 is 2.52 bits per heavy atom.